The Kier molecular flexibility index (Phi) is 3.67. The normalized spacial score (nSPS) is 23.0. The molecule has 0 aromatic heterocycles. The number of ether oxygens (including phenoxy) is 2. The van der Waals surface area contributed by atoms with Crippen molar-refractivity contribution in [1.82, 2.24) is 0 Å². The third-order valence-corrected chi connectivity index (χ3v) is 3.76. The molecule has 0 bridgehead atoms. The van der Waals surface area contributed by atoms with Gasteiger partial charge in [0.15, 0.2) is 6.04 Å². The third kappa shape index (κ3) is 2.36. The maximum atomic E-state index is 13.3. The van der Waals surface area contributed by atoms with Crippen LogP contribution in [0.4, 0.5) is 13.2 Å². The average molecular weight is 336 g/mol. The standard InChI is InChI=1S/C15H11F3N4O2/c1-23-9-5-3-2-4-7(9)10-8(6-19)13(20)24-14-11(10)12(21-22-14)15(16,17)18/h2-5,10,12H,20H2,1H3/t10-,12?/m1/s1. The molecule has 0 radical (unpaired) electrons. The van der Waals surface area contributed by atoms with E-state index >= 15 is 0 Å². The van der Waals surface area contributed by atoms with Gasteiger partial charge in [0.25, 0.3) is 0 Å². The van der Waals surface area contributed by atoms with Gasteiger partial charge in [-0.1, -0.05) is 18.2 Å². The number of allylic oxidation sites excluding steroid dienone is 1. The second-order valence-corrected chi connectivity index (χ2v) is 5.09. The minimum Gasteiger partial charge on any atom is -0.496 e. The van der Waals surface area contributed by atoms with Crippen molar-refractivity contribution in [2.45, 2.75) is 18.1 Å². The molecule has 2 heterocycles. The van der Waals surface area contributed by atoms with Crippen LogP contribution >= 0.6 is 0 Å². The Bertz CT molecular complexity index is 821. The van der Waals surface area contributed by atoms with Gasteiger partial charge in [-0.2, -0.15) is 23.5 Å². The molecular formula is C15H11F3N4O2. The minimum absolute atomic E-state index is 0.139. The Hall–Kier alpha value is -3.02. The van der Waals surface area contributed by atoms with Gasteiger partial charge in [0, 0.05) is 11.1 Å². The highest BCUT2D eigenvalue weighted by Gasteiger charge is 2.52. The summed E-state index contributed by atoms with van der Waals surface area (Å²) in [6.45, 7) is 0. The first kappa shape index (κ1) is 15.9. The Morgan fingerprint density at radius 3 is 2.67 bits per heavy atom. The fraction of sp³-hybridized carbons (Fsp3) is 0.267. The van der Waals surface area contributed by atoms with E-state index in [1.807, 2.05) is 6.07 Å². The Labute approximate surface area is 134 Å². The van der Waals surface area contributed by atoms with Crippen LogP contribution < -0.4 is 10.5 Å². The molecule has 2 aliphatic heterocycles. The summed E-state index contributed by atoms with van der Waals surface area (Å²) in [5.74, 6) is -1.40. The van der Waals surface area contributed by atoms with Crippen LogP contribution in [0, 0.1) is 11.3 Å². The lowest BCUT2D eigenvalue weighted by Gasteiger charge is -2.28. The van der Waals surface area contributed by atoms with Crippen LogP contribution in [0.2, 0.25) is 0 Å². The van der Waals surface area contributed by atoms with Crippen LogP contribution in [0.15, 0.2) is 57.4 Å². The molecule has 6 nitrogen and oxygen atoms in total. The zero-order chi connectivity index (χ0) is 17.5. The largest absolute Gasteiger partial charge is 0.496 e. The third-order valence-electron chi connectivity index (χ3n) is 3.76. The maximum Gasteiger partial charge on any atom is 0.416 e. The molecule has 24 heavy (non-hydrogen) atoms. The van der Waals surface area contributed by atoms with Crippen molar-refractivity contribution in [3.8, 4) is 11.8 Å². The van der Waals surface area contributed by atoms with Crippen molar-refractivity contribution in [3.63, 3.8) is 0 Å². The van der Waals surface area contributed by atoms with Crippen molar-refractivity contribution in [1.29, 1.82) is 5.26 Å². The van der Waals surface area contributed by atoms with Crippen LogP contribution in [0.5, 0.6) is 5.75 Å². The minimum atomic E-state index is -4.67. The van der Waals surface area contributed by atoms with Crippen LogP contribution in [-0.4, -0.2) is 19.3 Å². The first-order valence-electron chi connectivity index (χ1n) is 6.80. The van der Waals surface area contributed by atoms with Crippen LogP contribution in [-0.2, 0) is 4.74 Å². The molecule has 0 saturated carbocycles. The number of nitrogens with two attached hydrogens (primary N) is 1. The molecule has 1 aromatic carbocycles. The smallest absolute Gasteiger partial charge is 0.416 e. The van der Waals surface area contributed by atoms with Crippen LogP contribution in [0.3, 0.4) is 0 Å². The number of azo groups is 1. The fourth-order valence-electron chi connectivity index (χ4n) is 2.75. The molecule has 9 heteroatoms. The van der Waals surface area contributed by atoms with Gasteiger partial charge in [0.2, 0.25) is 11.8 Å². The maximum absolute atomic E-state index is 13.3. The summed E-state index contributed by atoms with van der Waals surface area (Å²) < 4.78 is 50.3. The lowest BCUT2D eigenvalue weighted by Crippen LogP contribution is -2.33. The monoisotopic (exact) mass is 336 g/mol. The molecule has 0 spiro atoms. The quantitative estimate of drug-likeness (QED) is 0.898. The van der Waals surface area contributed by atoms with E-state index in [4.69, 9.17) is 15.2 Å². The Morgan fingerprint density at radius 1 is 1.33 bits per heavy atom. The zero-order valence-corrected chi connectivity index (χ0v) is 12.3. The summed E-state index contributed by atoms with van der Waals surface area (Å²) in [6, 6.07) is 6.08. The van der Waals surface area contributed by atoms with E-state index in [0.717, 1.165) is 0 Å². The summed E-state index contributed by atoms with van der Waals surface area (Å²) in [4.78, 5) is 0. The van der Waals surface area contributed by atoms with E-state index in [1.54, 1.807) is 24.3 Å². The predicted molar refractivity (Wildman–Crippen MR) is 75.4 cm³/mol. The van der Waals surface area contributed by atoms with E-state index in [2.05, 4.69) is 10.2 Å². The van der Waals surface area contributed by atoms with Gasteiger partial charge in [-0.05, 0) is 6.07 Å². The van der Waals surface area contributed by atoms with Crippen molar-refractivity contribution in [3.05, 3.63) is 52.7 Å². The second kappa shape index (κ2) is 5.56. The molecule has 2 aliphatic rings. The molecule has 0 saturated heterocycles. The van der Waals surface area contributed by atoms with E-state index in [1.165, 1.54) is 7.11 Å². The van der Waals surface area contributed by atoms with E-state index < -0.39 is 18.1 Å². The molecule has 1 aromatic rings. The lowest BCUT2D eigenvalue weighted by molar-refractivity contribution is -0.139. The van der Waals surface area contributed by atoms with E-state index in [9.17, 15) is 18.4 Å². The number of nitrogens with zero attached hydrogens (tertiary/aromatic N) is 3. The number of para-hydroxylation sites is 1. The number of halogens is 3. The van der Waals surface area contributed by atoms with Gasteiger partial charge in [0.05, 0.1) is 13.0 Å². The van der Waals surface area contributed by atoms with Crippen molar-refractivity contribution < 1.29 is 22.6 Å². The highest BCUT2D eigenvalue weighted by molar-refractivity contribution is 5.55. The molecular weight excluding hydrogens is 325 g/mol. The fourth-order valence-corrected chi connectivity index (χ4v) is 2.75. The SMILES string of the molecule is COc1ccccc1[C@@H]1C(C#N)=C(N)OC2=C1C(C(F)(F)F)N=N2. The summed E-state index contributed by atoms with van der Waals surface area (Å²) in [5, 5.41) is 16.1. The Morgan fingerprint density at radius 2 is 2.04 bits per heavy atom. The first-order chi connectivity index (χ1) is 11.4. The average Bonchev–Trinajstić information content (AvgIpc) is 2.97. The predicted octanol–water partition coefficient (Wildman–Crippen LogP) is 3.11. The molecule has 0 fully saturated rings. The number of benzene rings is 1. The van der Waals surface area contributed by atoms with Gasteiger partial charge in [-0.3, -0.25) is 0 Å². The number of methoxy groups -OCH3 is 1. The molecule has 1 unspecified atom stereocenters. The summed E-state index contributed by atoms with van der Waals surface area (Å²) >= 11 is 0. The summed E-state index contributed by atoms with van der Waals surface area (Å²) in [5.41, 5.74) is 5.65. The van der Waals surface area contributed by atoms with Crippen molar-refractivity contribution >= 4 is 0 Å². The topological polar surface area (TPSA) is 93.0 Å². The van der Waals surface area contributed by atoms with Gasteiger partial charge in [-0.25, -0.2) is 0 Å². The molecule has 2 atom stereocenters. The number of rotatable bonds is 2. The number of hydrogen-bond acceptors (Lipinski definition) is 6. The molecule has 0 amide bonds. The molecule has 0 aliphatic carbocycles. The van der Waals surface area contributed by atoms with Gasteiger partial charge in [0.1, 0.15) is 17.4 Å². The zero-order valence-electron chi connectivity index (χ0n) is 12.3. The van der Waals surface area contributed by atoms with Crippen molar-refractivity contribution in [2.24, 2.45) is 16.0 Å². The Balaban J connectivity index is 2.22. The highest BCUT2D eigenvalue weighted by atomic mass is 19.4. The molecule has 2 N–H and O–H groups in total. The second-order valence-electron chi connectivity index (χ2n) is 5.09. The van der Waals surface area contributed by atoms with Crippen LogP contribution in [0.1, 0.15) is 11.5 Å². The number of hydrogen-bond donors (Lipinski definition) is 1. The first-order valence-corrected chi connectivity index (χ1v) is 6.80. The molecule has 124 valence electrons. The van der Waals surface area contributed by atoms with Gasteiger partial charge in [-0.15, -0.1) is 5.11 Å². The lowest BCUT2D eigenvalue weighted by atomic mass is 9.80. The van der Waals surface area contributed by atoms with Gasteiger partial charge >= 0.3 is 6.18 Å². The number of nitriles is 1. The van der Waals surface area contributed by atoms with Crippen LogP contribution in [0.25, 0.3) is 0 Å². The summed E-state index contributed by atoms with van der Waals surface area (Å²) in [6.07, 6.45) is -4.67. The van der Waals surface area contributed by atoms with E-state index in [-0.39, 0.29) is 22.9 Å². The van der Waals surface area contributed by atoms with Gasteiger partial charge < -0.3 is 15.2 Å². The molecule has 3 rings (SSSR count). The highest BCUT2D eigenvalue weighted by Crippen LogP contribution is 2.49. The number of alkyl halides is 3. The summed E-state index contributed by atoms with van der Waals surface area (Å²) in [7, 11) is 1.39. The van der Waals surface area contributed by atoms with E-state index in [0.29, 0.717) is 11.3 Å². The van der Waals surface area contributed by atoms with Crippen molar-refractivity contribution in [2.75, 3.05) is 7.11 Å².